The number of aryl methyl sites for hydroxylation is 1. The van der Waals surface area contributed by atoms with E-state index in [0.717, 1.165) is 45.6 Å². The highest BCUT2D eigenvalue weighted by Gasteiger charge is 2.23. The summed E-state index contributed by atoms with van der Waals surface area (Å²) in [4.78, 5) is 29.5. The van der Waals surface area contributed by atoms with Gasteiger partial charge in [-0.25, -0.2) is 4.79 Å². The number of carbonyl (C=O) groups excluding carboxylic acids is 2. The summed E-state index contributed by atoms with van der Waals surface area (Å²) in [5.41, 5.74) is 11.3. The van der Waals surface area contributed by atoms with Gasteiger partial charge in [0.1, 0.15) is 5.60 Å². The molecule has 7 nitrogen and oxygen atoms in total. The van der Waals surface area contributed by atoms with Crippen molar-refractivity contribution in [1.82, 2.24) is 10.3 Å². The van der Waals surface area contributed by atoms with Crippen molar-refractivity contribution in [3.63, 3.8) is 0 Å². The summed E-state index contributed by atoms with van der Waals surface area (Å²) in [7, 11) is 1.37. The highest BCUT2D eigenvalue weighted by atomic mass is 16.6. The van der Waals surface area contributed by atoms with Crippen molar-refractivity contribution in [3.05, 3.63) is 52.3 Å². The molecule has 1 aromatic carbocycles. The lowest BCUT2D eigenvalue weighted by atomic mass is 9.88. The van der Waals surface area contributed by atoms with Gasteiger partial charge in [-0.15, -0.1) is 0 Å². The molecule has 0 saturated heterocycles. The molecule has 0 saturated carbocycles. The number of methoxy groups -OCH3 is 1. The lowest BCUT2D eigenvalue weighted by Crippen LogP contribution is -2.32. The van der Waals surface area contributed by atoms with Crippen molar-refractivity contribution in [2.45, 2.75) is 73.1 Å². The molecule has 180 valence electrons. The van der Waals surface area contributed by atoms with E-state index in [2.05, 4.69) is 19.2 Å². The Balaban J connectivity index is 2.67. The Hall–Kier alpha value is -2.93. The first kappa shape index (κ1) is 26.3. The van der Waals surface area contributed by atoms with Crippen molar-refractivity contribution in [2.24, 2.45) is 11.7 Å². The molecule has 0 bridgehead atoms. The Morgan fingerprint density at radius 2 is 1.76 bits per heavy atom. The van der Waals surface area contributed by atoms with E-state index in [4.69, 9.17) is 20.2 Å². The maximum Gasteiger partial charge on any atom is 0.407 e. The number of pyridine rings is 1. The zero-order valence-electron chi connectivity index (χ0n) is 20.9. The van der Waals surface area contributed by atoms with Crippen LogP contribution in [0.1, 0.15) is 62.7 Å². The van der Waals surface area contributed by atoms with Crippen LogP contribution < -0.4 is 11.1 Å². The average Bonchev–Trinajstić information content (AvgIpc) is 2.72. The zero-order valence-corrected chi connectivity index (χ0v) is 20.9. The molecule has 0 aliphatic carbocycles. The summed E-state index contributed by atoms with van der Waals surface area (Å²) < 4.78 is 10.4. The predicted octanol–water partition coefficient (Wildman–Crippen LogP) is 4.45. The molecule has 2 rings (SSSR count). The van der Waals surface area contributed by atoms with Crippen LogP contribution in [0.15, 0.2) is 24.3 Å². The number of amides is 1. The maximum atomic E-state index is 12.4. The van der Waals surface area contributed by atoms with Gasteiger partial charge < -0.3 is 20.5 Å². The van der Waals surface area contributed by atoms with Crippen molar-refractivity contribution < 1.29 is 19.1 Å². The van der Waals surface area contributed by atoms with Gasteiger partial charge in [-0.05, 0) is 62.3 Å². The SMILES string of the molecule is COC(=O)Cc1c(C)nc(CC(C)C)c(CNC(=O)OC(C)(C)C)c1-c1ccc(CN)cc1. The third-order valence-electron chi connectivity index (χ3n) is 5.13. The molecule has 0 unspecified atom stereocenters. The summed E-state index contributed by atoms with van der Waals surface area (Å²) in [5.74, 6) is 0.0125. The van der Waals surface area contributed by atoms with Crippen LogP contribution in [-0.4, -0.2) is 29.8 Å². The van der Waals surface area contributed by atoms with Crippen LogP contribution in [-0.2, 0) is 40.2 Å². The van der Waals surface area contributed by atoms with E-state index < -0.39 is 11.7 Å². The van der Waals surface area contributed by atoms with Gasteiger partial charge in [-0.1, -0.05) is 38.1 Å². The van der Waals surface area contributed by atoms with Crippen LogP contribution in [0, 0.1) is 12.8 Å². The molecule has 0 fully saturated rings. The second kappa shape index (κ2) is 11.3. The van der Waals surface area contributed by atoms with E-state index in [1.54, 1.807) is 0 Å². The molecule has 1 heterocycles. The number of rotatable bonds is 8. The minimum absolute atomic E-state index is 0.0880. The Morgan fingerprint density at radius 3 is 2.27 bits per heavy atom. The molecule has 2 aromatic rings. The standard InChI is InChI=1S/C26H37N3O4/c1-16(2)12-22-21(15-28-25(31)33-26(4,5)6)24(19-10-8-18(14-27)9-11-19)20(17(3)29-22)13-23(30)32-7/h8-11,16H,12-15,27H2,1-7H3,(H,28,31). The normalized spacial score (nSPS) is 11.4. The van der Waals surface area contributed by atoms with Crippen LogP contribution in [0.5, 0.6) is 0 Å². The van der Waals surface area contributed by atoms with Crippen molar-refractivity contribution >= 4 is 12.1 Å². The third kappa shape index (κ3) is 7.56. The van der Waals surface area contributed by atoms with E-state index in [1.165, 1.54) is 7.11 Å². The van der Waals surface area contributed by atoms with Gasteiger partial charge >= 0.3 is 12.1 Å². The molecule has 33 heavy (non-hydrogen) atoms. The number of nitrogens with two attached hydrogens (primary N) is 1. The third-order valence-corrected chi connectivity index (χ3v) is 5.13. The van der Waals surface area contributed by atoms with Crippen molar-refractivity contribution in [1.29, 1.82) is 0 Å². The Labute approximate surface area is 197 Å². The van der Waals surface area contributed by atoms with Crippen molar-refractivity contribution in [3.8, 4) is 11.1 Å². The molecule has 1 aromatic heterocycles. The number of ether oxygens (including phenoxy) is 2. The molecule has 0 atom stereocenters. The van der Waals surface area contributed by atoms with Gasteiger partial charge in [-0.2, -0.15) is 0 Å². The van der Waals surface area contributed by atoms with E-state index >= 15 is 0 Å². The quantitative estimate of drug-likeness (QED) is 0.570. The summed E-state index contributed by atoms with van der Waals surface area (Å²) in [6.45, 7) is 12.3. The fourth-order valence-electron chi connectivity index (χ4n) is 3.65. The number of nitrogens with one attached hydrogen (secondary N) is 1. The predicted molar refractivity (Wildman–Crippen MR) is 130 cm³/mol. The molecule has 0 aliphatic rings. The molecular weight excluding hydrogens is 418 g/mol. The average molecular weight is 456 g/mol. The summed E-state index contributed by atoms with van der Waals surface area (Å²) in [6.07, 6.45) is 0.320. The van der Waals surface area contributed by atoms with Gasteiger partial charge in [0.15, 0.2) is 0 Å². The maximum absolute atomic E-state index is 12.4. The Kier molecular flexibility index (Phi) is 8.99. The van der Waals surface area contributed by atoms with Gasteiger partial charge in [0, 0.05) is 30.0 Å². The lowest BCUT2D eigenvalue weighted by Gasteiger charge is -2.23. The number of carbonyl (C=O) groups is 2. The van der Waals surface area contributed by atoms with Crippen LogP contribution >= 0.6 is 0 Å². The van der Waals surface area contributed by atoms with Crippen molar-refractivity contribution in [2.75, 3.05) is 7.11 Å². The number of nitrogens with zero attached hydrogens (tertiary/aromatic N) is 1. The lowest BCUT2D eigenvalue weighted by molar-refractivity contribution is -0.139. The van der Waals surface area contributed by atoms with Crippen LogP contribution in [0.4, 0.5) is 4.79 Å². The van der Waals surface area contributed by atoms with Crippen LogP contribution in [0.2, 0.25) is 0 Å². The number of alkyl carbamates (subject to hydrolysis) is 1. The largest absolute Gasteiger partial charge is 0.469 e. The minimum Gasteiger partial charge on any atom is -0.469 e. The monoisotopic (exact) mass is 455 g/mol. The molecule has 0 aliphatic heterocycles. The fourth-order valence-corrected chi connectivity index (χ4v) is 3.65. The highest BCUT2D eigenvalue weighted by Crippen LogP contribution is 2.33. The number of hydrogen-bond acceptors (Lipinski definition) is 6. The molecule has 0 radical (unpaired) electrons. The number of esters is 1. The molecule has 1 amide bonds. The second-order valence-corrected chi connectivity index (χ2v) is 9.58. The first-order valence-corrected chi connectivity index (χ1v) is 11.3. The molecule has 7 heteroatoms. The minimum atomic E-state index is -0.604. The Bertz CT molecular complexity index is 977. The highest BCUT2D eigenvalue weighted by molar-refractivity contribution is 5.81. The Morgan fingerprint density at radius 1 is 1.12 bits per heavy atom. The molecule has 3 N–H and O–H groups in total. The second-order valence-electron chi connectivity index (χ2n) is 9.58. The van der Waals surface area contributed by atoms with E-state index in [-0.39, 0.29) is 18.9 Å². The number of hydrogen-bond donors (Lipinski definition) is 2. The van der Waals surface area contributed by atoms with E-state index in [0.29, 0.717) is 12.5 Å². The van der Waals surface area contributed by atoms with E-state index in [9.17, 15) is 9.59 Å². The number of aromatic nitrogens is 1. The smallest absolute Gasteiger partial charge is 0.407 e. The number of benzene rings is 1. The fraction of sp³-hybridized carbons (Fsp3) is 0.500. The first-order valence-electron chi connectivity index (χ1n) is 11.3. The van der Waals surface area contributed by atoms with Gasteiger partial charge in [0.2, 0.25) is 0 Å². The summed E-state index contributed by atoms with van der Waals surface area (Å²) in [6, 6.07) is 7.93. The topological polar surface area (TPSA) is 104 Å². The molecular formula is C26H37N3O4. The van der Waals surface area contributed by atoms with Gasteiger partial charge in [-0.3, -0.25) is 9.78 Å². The van der Waals surface area contributed by atoms with E-state index in [1.807, 2.05) is 52.0 Å². The van der Waals surface area contributed by atoms with Gasteiger partial charge in [0.25, 0.3) is 0 Å². The van der Waals surface area contributed by atoms with Crippen LogP contribution in [0.3, 0.4) is 0 Å². The van der Waals surface area contributed by atoms with Gasteiger partial charge in [0.05, 0.1) is 13.5 Å². The summed E-state index contributed by atoms with van der Waals surface area (Å²) in [5, 5.41) is 2.88. The first-order chi connectivity index (χ1) is 15.4. The molecule has 0 spiro atoms. The summed E-state index contributed by atoms with van der Waals surface area (Å²) >= 11 is 0. The van der Waals surface area contributed by atoms with Crippen LogP contribution in [0.25, 0.3) is 11.1 Å². The zero-order chi connectivity index (χ0) is 24.8.